The van der Waals surface area contributed by atoms with Crippen molar-refractivity contribution in [2.75, 3.05) is 19.7 Å². The van der Waals surface area contributed by atoms with E-state index in [4.69, 9.17) is 4.74 Å². The van der Waals surface area contributed by atoms with Gasteiger partial charge in [0, 0.05) is 6.54 Å². The van der Waals surface area contributed by atoms with Gasteiger partial charge in [0.1, 0.15) is 12.6 Å². The molecule has 0 aliphatic heterocycles. The van der Waals surface area contributed by atoms with Crippen LogP contribution in [-0.4, -0.2) is 48.4 Å². The molecule has 0 radical (unpaired) electrons. The van der Waals surface area contributed by atoms with E-state index in [2.05, 4.69) is 5.32 Å². The number of carbonyl (C=O) groups is 3. The first-order valence-electron chi connectivity index (χ1n) is 7.63. The van der Waals surface area contributed by atoms with E-state index in [1.807, 2.05) is 13.8 Å². The maximum Gasteiger partial charge on any atom is 0.325 e. The van der Waals surface area contributed by atoms with Crippen LogP contribution in [0.15, 0.2) is 17.5 Å². The number of carbonyl (C=O) groups excluding carboxylic acids is 3. The Morgan fingerprint density at radius 2 is 2.00 bits per heavy atom. The van der Waals surface area contributed by atoms with Crippen molar-refractivity contribution in [2.24, 2.45) is 5.92 Å². The van der Waals surface area contributed by atoms with Crippen LogP contribution >= 0.6 is 11.3 Å². The molecule has 2 amide bonds. The zero-order chi connectivity index (χ0) is 17.4. The predicted octanol–water partition coefficient (Wildman–Crippen LogP) is 1.91. The third-order valence-corrected chi connectivity index (χ3v) is 3.85. The van der Waals surface area contributed by atoms with Crippen LogP contribution in [0.4, 0.5) is 0 Å². The molecule has 1 aromatic heterocycles. The number of amides is 2. The fourth-order valence-electron chi connectivity index (χ4n) is 2.05. The maximum absolute atomic E-state index is 12.5. The summed E-state index contributed by atoms with van der Waals surface area (Å²) in [5.41, 5.74) is 0. The van der Waals surface area contributed by atoms with Crippen molar-refractivity contribution in [3.8, 4) is 0 Å². The molecule has 1 aromatic rings. The summed E-state index contributed by atoms with van der Waals surface area (Å²) in [5, 5.41) is 4.47. The monoisotopic (exact) mass is 340 g/mol. The summed E-state index contributed by atoms with van der Waals surface area (Å²) in [7, 11) is 0. The fourth-order valence-corrected chi connectivity index (χ4v) is 2.67. The topological polar surface area (TPSA) is 75.7 Å². The Bertz CT molecular complexity index is 528. The molecule has 0 unspecified atom stereocenters. The Morgan fingerprint density at radius 3 is 2.52 bits per heavy atom. The summed E-state index contributed by atoms with van der Waals surface area (Å²) in [6, 6.07) is 2.76. The molecule has 7 heteroatoms. The molecule has 23 heavy (non-hydrogen) atoms. The maximum atomic E-state index is 12.5. The molecule has 0 spiro atoms. The van der Waals surface area contributed by atoms with Gasteiger partial charge in [-0.1, -0.05) is 19.9 Å². The zero-order valence-corrected chi connectivity index (χ0v) is 14.8. The number of hydrogen-bond donors (Lipinski definition) is 1. The van der Waals surface area contributed by atoms with Crippen LogP contribution in [0.2, 0.25) is 0 Å². The van der Waals surface area contributed by atoms with E-state index < -0.39 is 12.0 Å². The third-order valence-electron chi connectivity index (χ3n) is 2.99. The van der Waals surface area contributed by atoms with E-state index in [9.17, 15) is 14.4 Å². The van der Waals surface area contributed by atoms with E-state index in [0.29, 0.717) is 11.4 Å². The molecular weight excluding hydrogens is 316 g/mol. The van der Waals surface area contributed by atoms with Crippen molar-refractivity contribution in [1.82, 2.24) is 10.2 Å². The number of esters is 1. The summed E-state index contributed by atoms with van der Waals surface area (Å²) < 4.78 is 4.91. The molecule has 0 aliphatic carbocycles. The lowest BCUT2D eigenvalue weighted by Crippen LogP contribution is -2.49. The van der Waals surface area contributed by atoms with Gasteiger partial charge in [-0.3, -0.25) is 14.4 Å². The van der Waals surface area contributed by atoms with Crippen molar-refractivity contribution in [3.63, 3.8) is 0 Å². The van der Waals surface area contributed by atoms with Gasteiger partial charge in [-0.25, -0.2) is 0 Å². The minimum Gasteiger partial charge on any atom is -0.465 e. The standard InChI is InChI=1S/C16H24N2O4S/c1-5-22-14(19)10-18(9-11(2)3)16(21)12(4)17-15(20)13-7-6-8-23-13/h6-8,11-12H,5,9-10H2,1-4H3,(H,17,20)/t12-/m1/s1. The Balaban J connectivity index is 2.70. The lowest BCUT2D eigenvalue weighted by atomic mass is 10.2. The van der Waals surface area contributed by atoms with Crippen LogP contribution in [0.25, 0.3) is 0 Å². The Morgan fingerprint density at radius 1 is 1.30 bits per heavy atom. The molecule has 0 aromatic carbocycles. The summed E-state index contributed by atoms with van der Waals surface area (Å²) in [4.78, 5) is 38.2. The largest absolute Gasteiger partial charge is 0.465 e. The molecule has 1 rings (SSSR count). The predicted molar refractivity (Wildman–Crippen MR) is 89.3 cm³/mol. The summed E-state index contributed by atoms with van der Waals surface area (Å²) >= 11 is 1.31. The smallest absolute Gasteiger partial charge is 0.325 e. The molecule has 6 nitrogen and oxygen atoms in total. The van der Waals surface area contributed by atoms with Crippen LogP contribution in [0.1, 0.15) is 37.4 Å². The van der Waals surface area contributed by atoms with E-state index in [1.54, 1.807) is 31.4 Å². The summed E-state index contributed by atoms with van der Waals surface area (Å²) in [6.45, 7) is 7.84. The number of ether oxygens (including phenoxy) is 1. The van der Waals surface area contributed by atoms with E-state index in [-0.39, 0.29) is 30.9 Å². The first-order chi connectivity index (χ1) is 10.8. The number of nitrogens with one attached hydrogen (secondary N) is 1. The third kappa shape index (κ3) is 6.40. The highest BCUT2D eigenvalue weighted by atomic mass is 32.1. The quantitative estimate of drug-likeness (QED) is 0.734. The average Bonchev–Trinajstić information content (AvgIpc) is 2.99. The average molecular weight is 340 g/mol. The second-order valence-corrected chi connectivity index (χ2v) is 6.54. The van der Waals surface area contributed by atoms with Gasteiger partial charge in [0.15, 0.2) is 0 Å². The second kappa shape index (κ2) is 9.29. The van der Waals surface area contributed by atoms with Gasteiger partial charge in [-0.15, -0.1) is 11.3 Å². The molecule has 0 bridgehead atoms. The second-order valence-electron chi connectivity index (χ2n) is 5.59. The van der Waals surface area contributed by atoms with Crippen LogP contribution < -0.4 is 5.32 Å². The lowest BCUT2D eigenvalue weighted by molar-refractivity contribution is -0.149. The van der Waals surface area contributed by atoms with Gasteiger partial charge in [-0.05, 0) is 31.2 Å². The highest BCUT2D eigenvalue weighted by Gasteiger charge is 2.25. The lowest BCUT2D eigenvalue weighted by Gasteiger charge is -2.26. The SMILES string of the molecule is CCOC(=O)CN(CC(C)C)C(=O)[C@@H](C)NC(=O)c1cccs1. The van der Waals surface area contributed by atoms with Gasteiger partial charge in [0.05, 0.1) is 11.5 Å². The van der Waals surface area contributed by atoms with Gasteiger partial charge >= 0.3 is 5.97 Å². The van der Waals surface area contributed by atoms with Crippen LogP contribution in [-0.2, 0) is 14.3 Å². The summed E-state index contributed by atoms with van der Waals surface area (Å²) in [5.74, 6) is -0.829. The molecule has 0 saturated heterocycles. The van der Waals surface area contributed by atoms with Crippen molar-refractivity contribution >= 4 is 29.1 Å². The fraction of sp³-hybridized carbons (Fsp3) is 0.562. The first kappa shape index (κ1) is 19.2. The van der Waals surface area contributed by atoms with Crippen LogP contribution in [0, 0.1) is 5.92 Å². The molecule has 1 atom stereocenters. The minimum atomic E-state index is -0.710. The van der Waals surface area contributed by atoms with E-state index in [1.165, 1.54) is 16.2 Å². The molecular formula is C16H24N2O4S. The normalized spacial score (nSPS) is 11.9. The number of rotatable bonds is 8. The number of thiophene rings is 1. The highest BCUT2D eigenvalue weighted by molar-refractivity contribution is 7.12. The molecule has 1 heterocycles. The summed E-state index contributed by atoms with van der Waals surface area (Å²) in [6.07, 6.45) is 0. The number of nitrogens with zero attached hydrogens (tertiary/aromatic N) is 1. The van der Waals surface area contributed by atoms with E-state index >= 15 is 0 Å². The molecule has 128 valence electrons. The van der Waals surface area contributed by atoms with Crippen LogP contribution in [0.5, 0.6) is 0 Å². The van der Waals surface area contributed by atoms with Gasteiger partial charge in [0.2, 0.25) is 5.91 Å². The van der Waals surface area contributed by atoms with Gasteiger partial charge < -0.3 is 15.0 Å². The molecule has 0 aliphatic rings. The Kier molecular flexibility index (Phi) is 7.74. The Labute approximate surface area is 140 Å². The van der Waals surface area contributed by atoms with Crippen molar-refractivity contribution in [3.05, 3.63) is 22.4 Å². The van der Waals surface area contributed by atoms with E-state index in [0.717, 1.165) is 0 Å². The van der Waals surface area contributed by atoms with Gasteiger partial charge in [-0.2, -0.15) is 0 Å². The first-order valence-corrected chi connectivity index (χ1v) is 8.51. The van der Waals surface area contributed by atoms with Gasteiger partial charge in [0.25, 0.3) is 5.91 Å². The van der Waals surface area contributed by atoms with Crippen molar-refractivity contribution in [1.29, 1.82) is 0 Å². The Hall–Kier alpha value is -1.89. The molecule has 0 saturated carbocycles. The molecule has 0 fully saturated rings. The number of hydrogen-bond acceptors (Lipinski definition) is 5. The molecule has 1 N–H and O–H groups in total. The van der Waals surface area contributed by atoms with Crippen molar-refractivity contribution in [2.45, 2.75) is 33.7 Å². The highest BCUT2D eigenvalue weighted by Crippen LogP contribution is 2.09. The van der Waals surface area contributed by atoms with Crippen molar-refractivity contribution < 1.29 is 19.1 Å². The minimum absolute atomic E-state index is 0.107. The van der Waals surface area contributed by atoms with Crippen LogP contribution in [0.3, 0.4) is 0 Å². The zero-order valence-electron chi connectivity index (χ0n) is 14.0.